The maximum Gasteiger partial charge on any atom is 0.261 e. The monoisotopic (exact) mass is 535 g/mol. The van der Waals surface area contributed by atoms with Crippen LogP contribution < -0.4 is 22.3 Å². The highest BCUT2D eigenvalue weighted by Gasteiger charge is 2.51. The Hall–Kier alpha value is -3.66. The van der Waals surface area contributed by atoms with Crippen LogP contribution in [0.2, 0.25) is 0 Å². The van der Waals surface area contributed by atoms with Crippen molar-refractivity contribution in [3.63, 3.8) is 0 Å². The Morgan fingerprint density at radius 3 is 2.64 bits per heavy atom. The van der Waals surface area contributed by atoms with Gasteiger partial charge < -0.3 is 31.8 Å². The average Bonchev–Trinajstić information content (AvgIpc) is 3.69. The molecule has 7 N–H and O–H groups in total. The van der Waals surface area contributed by atoms with Crippen LogP contribution in [0.3, 0.4) is 0 Å². The first kappa shape index (κ1) is 26.9. The Balaban J connectivity index is 1.52. The molecule has 1 saturated carbocycles. The molecule has 2 fully saturated rings. The number of rotatable bonds is 8. The number of primary amides is 2. The number of nitrogens with zero attached hydrogens (tertiary/aromatic N) is 1. The second-order valence-corrected chi connectivity index (χ2v) is 11.7. The standard InChI is InChI=1S/C29H37N5O5/c1-15-3-6-19(35)11-21(15)29-7-8-34(14-17-4-5-17)16(2)22(29)10-18-9-20(28(39)33-24(18)13-29)27(38)32-23(26(31)37)12-25(30)36/h3,6,9,11,16-17,22-23,35H,4-5,7-8,10,12-14H2,1-2H3,(H2,30,36)(H2,31,37)(H,32,38)(H,33,39). The van der Waals surface area contributed by atoms with Crippen LogP contribution in [0.25, 0.3) is 0 Å². The number of pyridine rings is 1. The van der Waals surface area contributed by atoms with Crippen molar-refractivity contribution in [1.82, 2.24) is 15.2 Å². The van der Waals surface area contributed by atoms with Gasteiger partial charge in [-0.25, -0.2) is 0 Å². The maximum absolute atomic E-state index is 13.1. The number of aryl methyl sites for hydroxylation is 1. The third-order valence-electron chi connectivity index (χ3n) is 9.11. The van der Waals surface area contributed by atoms with E-state index in [0.29, 0.717) is 12.8 Å². The smallest absolute Gasteiger partial charge is 0.261 e. The normalized spacial score (nSPS) is 25.3. The van der Waals surface area contributed by atoms with Crippen molar-refractivity contribution in [3.05, 3.63) is 62.6 Å². The van der Waals surface area contributed by atoms with Gasteiger partial charge in [-0.15, -0.1) is 0 Å². The molecule has 3 amide bonds. The topological polar surface area (TPSA) is 172 Å². The van der Waals surface area contributed by atoms with E-state index in [9.17, 15) is 24.3 Å². The van der Waals surface area contributed by atoms with Gasteiger partial charge in [0.15, 0.2) is 0 Å². The molecule has 10 nitrogen and oxygen atoms in total. The molecule has 1 saturated heterocycles. The van der Waals surface area contributed by atoms with E-state index in [4.69, 9.17) is 11.5 Å². The first-order valence-electron chi connectivity index (χ1n) is 13.7. The van der Waals surface area contributed by atoms with Crippen molar-refractivity contribution in [2.45, 2.75) is 69.9 Å². The highest BCUT2D eigenvalue weighted by molar-refractivity contribution is 5.98. The molecule has 208 valence electrons. The number of hydrogen-bond acceptors (Lipinski definition) is 6. The fourth-order valence-electron chi connectivity index (χ4n) is 6.83. The highest BCUT2D eigenvalue weighted by atomic mass is 16.3. The molecule has 1 aromatic carbocycles. The molecule has 0 spiro atoms. The largest absolute Gasteiger partial charge is 0.508 e. The van der Waals surface area contributed by atoms with Gasteiger partial charge in [-0.2, -0.15) is 0 Å². The van der Waals surface area contributed by atoms with Gasteiger partial charge in [-0.1, -0.05) is 6.07 Å². The minimum Gasteiger partial charge on any atom is -0.508 e. The summed E-state index contributed by atoms with van der Waals surface area (Å²) in [7, 11) is 0. The van der Waals surface area contributed by atoms with E-state index in [1.165, 1.54) is 12.8 Å². The summed E-state index contributed by atoms with van der Waals surface area (Å²) in [5.74, 6) is -1.31. The molecule has 10 heteroatoms. The number of piperidine rings is 1. The van der Waals surface area contributed by atoms with Crippen LogP contribution >= 0.6 is 0 Å². The molecule has 2 aromatic rings. The molecular formula is C29H37N5O5. The van der Waals surface area contributed by atoms with E-state index < -0.39 is 35.7 Å². The van der Waals surface area contributed by atoms with Crippen molar-refractivity contribution < 1.29 is 19.5 Å². The predicted octanol–water partition coefficient (Wildman–Crippen LogP) is 1.01. The lowest BCUT2D eigenvalue weighted by Crippen LogP contribution is -2.59. The molecule has 1 aliphatic heterocycles. The molecule has 2 heterocycles. The summed E-state index contributed by atoms with van der Waals surface area (Å²) < 4.78 is 0. The number of hydrogen-bond donors (Lipinski definition) is 5. The average molecular weight is 536 g/mol. The number of nitrogens with one attached hydrogen (secondary N) is 2. The number of phenols is 1. The number of likely N-dealkylation sites (tertiary alicyclic amines) is 1. The third kappa shape index (κ3) is 5.17. The minimum atomic E-state index is -1.30. The molecule has 2 aliphatic carbocycles. The number of aromatic nitrogens is 1. The maximum atomic E-state index is 13.1. The SMILES string of the molecule is Cc1ccc(O)cc1C12CCN(CC3CC3)C(C)C1Cc1cc(C(=O)NC(CC(N)=O)C(N)=O)c(=O)[nH]c1C2. The molecule has 5 rings (SSSR count). The molecular weight excluding hydrogens is 498 g/mol. The van der Waals surface area contributed by atoms with E-state index >= 15 is 0 Å². The second kappa shape index (κ2) is 10.1. The van der Waals surface area contributed by atoms with E-state index in [2.05, 4.69) is 29.0 Å². The van der Waals surface area contributed by atoms with Gasteiger partial charge in [0.2, 0.25) is 11.8 Å². The van der Waals surface area contributed by atoms with Gasteiger partial charge in [0, 0.05) is 23.7 Å². The fourth-order valence-corrected chi connectivity index (χ4v) is 6.83. The quantitative estimate of drug-likeness (QED) is 0.337. The lowest BCUT2D eigenvalue weighted by molar-refractivity contribution is -0.124. The van der Waals surface area contributed by atoms with Crippen LogP contribution in [0.4, 0.5) is 0 Å². The third-order valence-corrected chi connectivity index (χ3v) is 9.11. The van der Waals surface area contributed by atoms with Gasteiger partial charge in [-0.05, 0) is 99.2 Å². The number of carbonyl (C=O) groups excluding carboxylic acids is 3. The summed E-state index contributed by atoms with van der Waals surface area (Å²) in [5.41, 5.74) is 13.4. The van der Waals surface area contributed by atoms with Crippen LogP contribution in [-0.2, 0) is 27.8 Å². The van der Waals surface area contributed by atoms with Gasteiger partial charge in [0.05, 0.1) is 6.42 Å². The molecule has 4 atom stereocenters. The molecule has 39 heavy (non-hydrogen) atoms. The summed E-state index contributed by atoms with van der Waals surface area (Å²) in [5, 5.41) is 12.8. The van der Waals surface area contributed by atoms with Gasteiger partial charge in [0.25, 0.3) is 11.5 Å². The molecule has 0 bridgehead atoms. The number of phenolic OH excluding ortho intramolecular Hbond substituents is 1. The Kier molecular flexibility index (Phi) is 7.00. The summed E-state index contributed by atoms with van der Waals surface area (Å²) in [6.07, 6.45) is 4.22. The Bertz CT molecular complexity index is 1380. The molecule has 0 radical (unpaired) electrons. The molecule has 3 aliphatic rings. The number of amides is 3. The summed E-state index contributed by atoms with van der Waals surface area (Å²) >= 11 is 0. The lowest BCUT2D eigenvalue weighted by Gasteiger charge is -2.55. The highest BCUT2D eigenvalue weighted by Crippen LogP contribution is 2.51. The number of benzene rings is 1. The Morgan fingerprint density at radius 1 is 1.23 bits per heavy atom. The second-order valence-electron chi connectivity index (χ2n) is 11.7. The predicted molar refractivity (Wildman–Crippen MR) is 145 cm³/mol. The molecule has 4 unspecified atom stereocenters. The Labute approximate surface area is 227 Å². The number of aromatic hydroxyl groups is 1. The van der Waals surface area contributed by atoms with Gasteiger partial charge >= 0.3 is 0 Å². The van der Waals surface area contributed by atoms with E-state index in [0.717, 1.165) is 47.8 Å². The van der Waals surface area contributed by atoms with Crippen molar-refractivity contribution in [2.75, 3.05) is 13.1 Å². The van der Waals surface area contributed by atoms with Crippen LogP contribution in [-0.4, -0.2) is 57.9 Å². The lowest BCUT2D eigenvalue weighted by atomic mass is 9.55. The summed E-state index contributed by atoms with van der Waals surface area (Å²) in [4.78, 5) is 54.7. The zero-order valence-electron chi connectivity index (χ0n) is 22.5. The van der Waals surface area contributed by atoms with Crippen LogP contribution in [0.15, 0.2) is 29.1 Å². The number of fused-ring (bicyclic) bond motifs is 2. The fraction of sp³-hybridized carbons (Fsp3) is 0.517. The number of aromatic amines is 1. The van der Waals surface area contributed by atoms with Crippen molar-refractivity contribution in [2.24, 2.45) is 23.3 Å². The zero-order valence-corrected chi connectivity index (χ0v) is 22.5. The van der Waals surface area contributed by atoms with E-state index in [1.807, 2.05) is 12.1 Å². The van der Waals surface area contributed by atoms with E-state index in [1.54, 1.807) is 12.1 Å². The van der Waals surface area contributed by atoms with Gasteiger partial charge in [0.1, 0.15) is 17.4 Å². The van der Waals surface area contributed by atoms with Crippen LogP contribution in [0, 0.1) is 18.8 Å². The van der Waals surface area contributed by atoms with Gasteiger partial charge in [-0.3, -0.25) is 19.2 Å². The first-order chi connectivity index (χ1) is 18.5. The molecule has 1 aromatic heterocycles. The summed E-state index contributed by atoms with van der Waals surface area (Å²) in [6.45, 7) is 6.35. The zero-order chi connectivity index (χ0) is 28.1. The van der Waals surface area contributed by atoms with Crippen molar-refractivity contribution >= 4 is 17.7 Å². The van der Waals surface area contributed by atoms with Crippen molar-refractivity contribution in [3.8, 4) is 5.75 Å². The number of nitrogens with two attached hydrogens (primary N) is 2. The number of H-pyrrole nitrogens is 1. The Morgan fingerprint density at radius 2 is 1.97 bits per heavy atom. The van der Waals surface area contributed by atoms with Crippen LogP contribution in [0.1, 0.15) is 65.3 Å². The van der Waals surface area contributed by atoms with E-state index in [-0.39, 0.29) is 28.7 Å². The van der Waals surface area contributed by atoms with Crippen molar-refractivity contribution in [1.29, 1.82) is 0 Å². The minimum absolute atomic E-state index is 0.135. The summed E-state index contributed by atoms with van der Waals surface area (Å²) in [6, 6.07) is 6.09. The van der Waals surface area contributed by atoms with Crippen LogP contribution in [0.5, 0.6) is 5.75 Å². The number of carbonyl (C=O) groups is 3. The first-order valence-corrected chi connectivity index (χ1v) is 13.7.